The van der Waals surface area contributed by atoms with Gasteiger partial charge in [-0.2, -0.15) is 18.3 Å². The van der Waals surface area contributed by atoms with E-state index in [1.165, 1.54) is 29.3 Å². The predicted molar refractivity (Wildman–Crippen MR) is 127 cm³/mol. The van der Waals surface area contributed by atoms with Crippen molar-refractivity contribution in [3.63, 3.8) is 0 Å². The number of amides is 1. The summed E-state index contributed by atoms with van der Waals surface area (Å²) >= 11 is 1.08. The lowest BCUT2D eigenvalue weighted by Gasteiger charge is -2.13. The molecule has 11 heteroatoms. The van der Waals surface area contributed by atoms with E-state index < -0.39 is 17.6 Å². The van der Waals surface area contributed by atoms with E-state index in [1.807, 2.05) is 25.1 Å². The number of nitrogens with one attached hydrogen (secondary N) is 1. The number of aryl methyl sites for hydroxylation is 2. The van der Waals surface area contributed by atoms with Gasteiger partial charge in [0.05, 0.1) is 22.7 Å². The van der Waals surface area contributed by atoms with Gasteiger partial charge < -0.3 is 5.32 Å². The van der Waals surface area contributed by atoms with Crippen LogP contribution in [0.1, 0.15) is 16.7 Å². The zero-order valence-electron chi connectivity index (χ0n) is 18.7. The zero-order chi connectivity index (χ0) is 24.7. The molecule has 0 saturated heterocycles. The number of thioether (sulfide) groups is 1. The van der Waals surface area contributed by atoms with Crippen molar-refractivity contribution < 1.29 is 18.0 Å². The van der Waals surface area contributed by atoms with E-state index in [2.05, 4.69) is 33.6 Å². The van der Waals surface area contributed by atoms with Crippen molar-refractivity contribution >= 4 is 34.5 Å². The molecule has 35 heavy (non-hydrogen) atoms. The summed E-state index contributed by atoms with van der Waals surface area (Å²) in [5, 5.41) is 15.8. The van der Waals surface area contributed by atoms with Gasteiger partial charge in [0.1, 0.15) is 5.52 Å². The second kappa shape index (κ2) is 8.73. The molecule has 1 N–H and O–H groups in total. The average molecular weight is 497 g/mol. The molecular weight excluding hydrogens is 477 g/mol. The highest BCUT2D eigenvalue weighted by Crippen LogP contribution is 2.34. The molecule has 0 aliphatic carbocycles. The number of para-hydroxylation sites is 1. The number of carbonyl (C=O) groups is 1. The van der Waals surface area contributed by atoms with Crippen LogP contribution in [0.4, 0.5) is 18.9 Å². The molecule has 0 radical (unpaired) electrons. The van der Waals surface area contributed by atoms with Crippen LogP contribution in [0.3, 0.4) is 0 Å². The molecule has 0 spiro atoms. The Morgan fingerprint density at radius 1 is 1.03 bits per heavy atom. The predicted octanol–water partition coefficient (Wildman–Crippen LogP) is 5.41. The number of halogens is 3. The zero-order valence-corrected chi connectivity index (χ0v) is 19.5. The summed E-state index contributed by atoms with van der Waals surface area (Å²) in [7, 11) is 0. The molecule has 3 heterocycles. The van der Waals surface area contributed by atoms with Gasteiger partial charge in [-0.05, 0) is 49.2 Å². The van der Waals surface area contributed by atoms with Gasteiger partial charge in [0, 0.05) is 18.0 Å². The van der Waals surface area contributed by atoms with Crippen LogP contribution in [0.15, 0.2) is 66.1 Å². The monoisotopic (exact) mass is 496 g/mol. The van der Waals surface area contributed by atoms with Gasteiger partial charge in [0.25, 0.3) is 0 Å². The van der Waals surface area contributed by atoms with Crippen LogP contribution in [0.2, 0.25) is 0 Å². The molecule has 5 rings (SSSR count). The number of alkyl halides is 3. The number of hydrogen-bond acceptors (Lipinski definition) is 5. The molecule has 2 aromatic carbocycles. The van der Waals surface area contributed by atoms with E-state index in [0.29, 0.717) is 10.8 Å². The Hall–Kier alpha value is -3.86. The molecule has 178 valence electrons. The second-order valence-corrected chi connectivity index (χ2v) is 8.96. The quantitative estimate of drug-likeness (QED) is 0.329. The largest absolute Gasteiger partial charge is 0.418 e. The lowest BCUT2D eigenvalue weighted by Crippen LogP contribution is -2.18. The Morgan fingerprint density at radius 2 is 1.83 bits per heavy atom. The van der Waals surface area contributed by atoms with Crippen LogP contribution in [0.25, 0.3) is 22.4 Å². The molecular formula is C24H19F3N6OS. The lowest BCUT2D eigenvalue weighted by atomic mass is 10.0. The highest BCUT2D eigenvalue weighted by Gasteiger charge is 2.33. The Morgan fingerprint density at radius 3 is 2.60 bits per heavy atom. The number of benzene rings is 2. The third-order valence-corrected chi connectivity index (χ3v) is 6.57. The van der Waals surface area contributed by atoms with Crippen molar-refractivity contribution in [2.75, 3.05) is 11.1 Å². The van der Waals surface area contributed by atoms with Crippen LogP contribution in [0, 0.1) is 13.8 Å². The summed E-state index contributed by atoms with van der Waals surface area (Å²) < 4.78 is 43.0. The fourth-order valence-corrected chi connectivity index (χ4v) is 4.40. The minimum absolute atomic E-state index is 0.134. The number of aromatic nitrogens is 5. The first-order valence-electron chi connectivity index (χ1n) is 10.6. The second-order valence-electron chi connectivity index (χ2n) is 8.01. The third-order valence-electron chi connectivity index (χ3n) is 5.63. The molecule has 0 aliphatic rings. The van der Waals surface area contributed by atoms with Crippen LogP contribution < -0.4 is 5.32 Å². The van der Waals surface area contributed by atoms with Crippen molar-refractivity contribution in [1.29, 1.82) is 0 Å². The first kappa shape index (κ1) is 22.9. The van der Waals surface area contributed by atoms with Crippen LogP contribution >= 0.6 is 11.8 Å². The molecule has 0 atom stereocenters. The van der Waals surface area contributed by atoms with E-state index in [-0.39, 0.29) is 11.4 Å². The molecule has 7 nitrogen and oxygen atoms in total. The van der Waals surface area contributed by atoms with Gasteiger partial charge in [0.2, 0.25) is 5.91 Å². The van der Waals surface area contributed by atoms with E-state index in [4.69, 9.17) is 0 Å². The van der Waals surface area contributed by atoms with Gasteiger partial charge in [-0.25, -0.2) is 4.52 Å². The highest BCUT2D eigenvalue weighted by atomic mass is 32.2. The summed E-state index contributed by atoms with van der Waals surface area (Å²) in [6, 6.07) is 12.9. The Balaban J connectivity index is 1.36. The van der Waals surface area contributed by atoms with Crippen molar-refractivity contribution in [3.8, 4) is 11.3 Å². The van der Waals surface area contributed by atoms with E-state index in [0.717, 1.165) is 34.6 Å². The van der Waals surface area contributed by atoms with Crippen molar-refractivity contribution in [2.24, 2.45) is 0 Å². The summed E-state index contributed by atoms with van der Waals surface area (Å²) in [4.78, 5) is 12.4. The smallest absolute Gasteiger partial charge is 0.325 e. The summed E-state index contributed by atoms with van der Waals surface area (Å²) in [5.41, 5.74) is 4.27. The highest BCUT2D eigenvalue weighted by molar-refractivity contribution is 7.99. The molecule has 0 fully saturated rings. The standard InChI is InChI=1S/C24H19F3N6OS/c1-14-7-8-16(11-15(14)2)19-12-20-22-29-30-23(32(22)9-10-33(20)31-19)35-13-21(34)28-18-6-4-3-5-17(18)24(25,26)27/h3-12H,13H2,1-2H3,(H,28,34). The topological polar surface area (TPSA) is 76.6 Å². The Bertz CT molecular complexity index is 1570. The number of hydrogen-bond donors (Lipinski definition) is 1. The Kier molecular flexibility index (Phi) is 5.72. The average Bonchev–Trinajstić information content (AvgIpc) is 3.43. The summed E-state index contributed by atoms with van der Waals surface area (Å²) in [5.74, 6) is -0.711. The summed E-state index contributed by atoms with van der Waals surface area (Å²) in [6.45, 7) is 4.10. The van der Waals surface area contributed by atoms with Crippen molar-refractivity contribution in [2.45, 2.75) is 25.2 Å². The first-order valence-corrected chi connectivity index (χ1v) is 11.6. The number of fused-ring (bicyclic) bond motifs is 3. The number of anilines is 1. The van der Waals surface area contributed by atoms with E-state index in [1.54, 1.807) is 21.3 Å². The molecule has 1 amide bonds. The maximum Gasteiger partial charge on any atom is 0.418 e. The maximum atomic E-state index is 13.2. The van der Waals surface area contributed by atoms with E-state index >= 15 is 0 Å². The lowest BCUT2D eigenvalue weighted by molar-refractivity contribution is -0.137. The summed E-state index contributed by atoms with van der Waals surface area (Å²) in [6.07, 6.45) is -1.06. The van der Waals surface area contributed by atoms with Gasteiger partial charge in [0.15, 0.2) is 10.8 Å². The number of nitrogens with zero attached hydrogens (tertiary/aromatic N) is 5. The minimum atomic E-state index is -4.56. The number of rotatable bonds is 5. The van der Waals surface area contributed by atoms with Gasteiger partial charge in [-0.3, -0.25) is 9.20 Å². The van der Waals surface area contributed by atoms with Crippen molar-refractivity contribution in [1.82, 2.24) is 24.2 Å². The maximum absolute atomic E-state index is 13.2. The third kappa shape index (κ3) is 4.46. The van der Waals surface area contributed by atoms with Crippen LogP contribution in [-0.4, -0.2) is 35.9 Å². The molecule has 0 unspecified atom stereocenters. The molecule has 3 aromatic heterocycles. The normalized spacial score (nSPS) is 11.9. The van der Waals surface area contributed by atoms with Gasteiger partial charge in [-0.15, -0.1) is 10.2 Å². The Labute approximate surface area is 202 Å². The van der Waals surface area contributed by atoms with Crippen LogP contribution in [0.5, 0.6) is 0 Å². The van der Waals surface area contributed by atoms with E-state index in [9.17, 15) is 18.0 Å². The van der Waals surface area contributed by atoms with Crippen molar-refractivity contribution in [3.05, 3.63) is 77.6 Å². The minimum Gasteiger partial charge on any atom is -0.325 e. The SMILES string of the molecule is Cc1ccc(-c2cc3c4nnc(SCC(=O)Nc5ccccc5C(F)(F)F)n4ccn3n2)cc1C. The molecule has 0 saturated carbocycles. The molecule has 5 aromatic rings. The number of carbonyl (C=O) groups excluding carboxylic acids is 1. The first-order chi connectivity index (χ1) is 16.7. The van der Waals surface area contributed by atoms with Crippen LogP contribution in [-0.2, 0) is 11.0 Å². The molecule has 0 bridgehead atoms. The fraction of sp³-hybridized carbons (Fsp3) is 0.167. The van der Waals surface area contributed by atoms with Gasteiger partial charge in [-0.1, -0.05) is 36.0 Å². The van der Waals surface area contributed by atoms with Gasteiger partial charge >= 0.3 is 6.18 Å². The molecule has 0 aliphatic heterocycles. The fourth-order valence-electron chi connectivity index (χ4n) is 3.69.